The van der Waals surface area contributed by atoms with Gasteiger partial charge in [-0.15, -0.1) is 0 Å². The van der Waals surface area contributed by atoms with Crippen LogP contribution in [0.1, 0.15) is 32.4 Å². The average molecular weight is 352 g/mol. The minimum absolute atomic E-state index is 0.186. The lowest BCUT2D eigenvalue weighted by molar-refractivity contribution is 0.0600. The Hall–Kier alpha value is -3.61. The number of methoxy groups -OCH3 is 1. The quantitative estimate of drug-likeness (QED) is 0.431. The molecule has 0 bridgehead atoms. The van der Waals surface area contributed by atoms with Crippen LogP contribution >= 0.6 is 0 Å². The number of ether oxygens (including phenoxy) is 1. The lowest BCUT2D eigenvalue weighted by Crippen LogP contribution is -2.16. The molecule has 0 saturated carbocycles. The van der Waals surface area contributed by atoms with Crippen LogP contribution in [0.3, 0.4) is 0 Å². The zero-order valence-electron chi connectivity index (χ0n) is 14.2. The highest BCUT2D eigenvalue weighted by molar-refractivity contribution is 5.92. The number of furan rings is 2. The summed E-state index contributed by atoms with van der Waals surface area (Å²) in [4.78, 5) is 23.2. The number of carbonyl (C=O) groups is 2. The molecule has 3 rings (SSSR count). The lowest BCUT2D eigenvalue weighted by Gasteiger charge is -2.00. The van der Waals surface area contributed by atoms with E-state index in [2.05, 4.69) is 15.3 Å². The van der Waals surface area contributed by atoms with Gasteiger partial charge in [-0.25, -0.2) is 10.2 Å². The third kappa shape index (κ3) is 3.89. The molecule has 26 heavy (non-hydrogen) atoms. The molecule has 0 spiro atoms. The molecule has 0 aliphatic heterocycles. The fourth-order valence-corrected chi connectivity index (χ4v) is 2.23. The molecule has 0 atom stereocenters. The van der Waals surface area contributed by atoms with E-state index in [9.17, 15) is 9.59 Å². The zero-order chi connectivity index (χ0) is 18.5. The number of benzene rings is 1. The van der Waals surface area contributed by atoms with Gasteiger partial charge in [-0.05, 0) is 43.3 Å². The first-order valence-electron chi connectivity index (χ1n) is 7.75. The van der Waals surface area contributed by atoms with E-state index in [1.54, 1.807) is 55.5 Å². The van der Waals surface area contributed by atoms with Crippen molar-refractivity contribution in [2.24, 2.45) is 5.10 Å². The molecule has 0 aliphatic carbocycles. The number of aryl methyl sites for hydroxylation is 1. The van der Waals surface area contributed by atoms with E-state index in [4.69, 9.17) is 8.83 Å². The SMILES string of the molecule is COC(=O)c1ccc(-c2ccc(/C=N/NC(=O)c3ccc(C)o3)o2)cc1. The van der Waals surface area contributed by atoms with Gasteiger partial charge in [-0.3, -0.25) is 4.79 Å². The Morgan fingerprint density at radius 1 is 1.04 bits per heavy atom. The summed E-state index contributed by atoms with van der Waals surface area (Å²) in [6.45, 7) is 1.75. The van der Waals surface area contributed by atoms with Crippen LogP contribution in [0.2, 0.25) is 0 Å². The lowest BCUT2D eigenvalue weighted by atomic mass is 10.1. The molecule has 1 aromatic carbocycles. The van der Waals surface area contributed by atoms with Crippen molar-refractivity contribution in [1.29, 1.82) is 0 Å². The Labute approximate surface area is 149 Å². The topological polar surface area (TPSA) is 94.0 Å². The Bertz CT molecular complexity index is 950. The van der Waals surface area contributed by atoms with Crippen LogP contribution < -0.4 is 5.43 Å². The second-order valence-electron chi connectivity index (χ2n) is 5.38. The van der Waals surface area contributed by atoms with Crippen molar-refractivity contribution in [2.45, 2.75) is 6.92 Å². The number of amides is 1. The standard InChI is InChI=1S/C19H16N2O5/c1-12-3-9-17(25-12)18(22)21-20-11-15-8-10-16(26-15)13-4-6-14(7-5-13)19(23)24-2/h3-11H,1-2H3,(H,21,22)/b20-11+. The number of carbonyl (C=O) groups excluding carboxylic acids is 2. The van der Waals surface area contributed by atoms with Gasteiger partial charge in [0.25, 0.3) is 0 Å². The second kappa shape index (κ2) is 7.52. The third-order valence-electron chi connectivity index (χ3n) is 3.54. The Balaban J connectivity index is 1.64. The zero-order valence-corrected chi connectivity index (χ0v) is 14.2. The number of esters is 1. The fourth-order valence-electron chi connectivity index (χ4n) is 2.23. The summed E-state index contributed by atoms with van der Waals surface area (Å²) in [5, 5.41) is 3.84. The highest BCUT2D eigenvalue weighted by Crippen LogP contribution is 2.22. The van der Waals surface area contributed by atoms with Crippen molar-refractivity contribution in [2.75, 3.05) is 7.11 Å². The van der Waals surface area contributed by atoms with E-state index in [-0.39, 0.29) is 5.76 Å². The van der Waals surface area contributed by atoms with Crippen molar-refractivity contribution in [3.8, 4) is 11.3 Å². The summed E-state index contributed by atoms with van der Waals surface area (Å²) < 4.78 is 15.5. The van der Waals surface area contributed by atoms with Crippen molar-refractivity contribution in [3.05, 3.63) is 71.4 Å². The highest BCUT2D eigenvalue weighted by Gasteiger charge is 2.09. The van der Waals surface area contributed by atoms with Crippen LogP contribution in [0.5, 0.6) is 0 Å². The van der Waals surface area contributed by atoms with Crippen LogP contribution in [-0.2, 0) is 4.74 Å². The maximum Gasteiger partial charge on any atom is 0.337 e. The van der Waals surface area contributed by atoms with Crippen molar-refractivity contribution >= 4 is 18.1 Å². The third-order valence-corrected chi connectivity index (χ3v) is 3.54. The fraction of sp³-hybridized carbons (Fsp3) is 0.105. The van der Waals surface area contributed by atoms with Crippen LogP contribution in [0.25, 0.3) is 11.3 Å². The molecule has 7 heteroatoms. The second-order valence-corrected chi connectivity index (χ2v) is 5.38. The molecular formula is C19H16N2O5. The summed E-state index contributed by atoms with van der Waals surface area (Å²) in [6, 6.07) is 13.6. The minimum Gasteiger partial charge on any atom is -0.465 e. The van der Waals surface area contributed by atoms with E-state index >= 15 is 0 Å². The molecule has 0 fully saturated rings. The number of nitrogens with zero attached hydrogens (tertiary/aromatic N) is 1. The molecule has 0 aliphatic rings. The molecule has 0 unspecified atom stereocenters. The summed E-state index contributed by atoms with van der Waals surface area (Å²) in [7, 11) is 1.33. The van der Waals surface area contributed by atoms with Crippen LogP contribution in [0.4, 0.5) is 0 Å². The van der Waals surface area contributed by atoms with Crippen LogP contribution in [0.15, 0.2) is 62.5 Å². The predicted molar refractivity (Wildman–Crippen MR) is 94.0 cm³/mol. The maximum atomic E-state index is 11.8. The summed E-state index contributed by atoms with van der Waals surface area (Å²) in [5.41, 5.74) is 3.62. The smallest absolute Gasteiger partial charge is 0.337 e. The molecule has 7 nitrogen and oxygen atoms in total. The van der Waals surface area contributed by atoms with Crippen LogP contribution in [-0.4, -0.2) is 25.2 Å². The van der Waals surface area contributed by atoms with Gasteiger partial charge in [0.15, 0.2) is 5.76 Å². The predicted octanol–water partition coefficient (Wildman–Crippen LogP) is 3.40. The summed E-state index contributed by atoms with van der Waals surface area (Å²) in [6.07, 6.45) is 1.39. The molecule has 1 amide bonds. The maximum absolute atomic E-state index is 11.8. The number of nitrogens with one attached hydrogen (secondary N) is 1. The highest BCUT2D eigenvalue weighted by atomic mass is 16.5. The molecule has 0 saturated heterocycles. The summed E-state index contributed by atoms with van der Waals surface area (Å²) >= 11 is 0. The van der Waals surface area contributed by atoms with Gasteiger partial charge in [-0.2, -0.15) is 5.10 Å². The van der Waals surface area contributed by atoms with E-state index in [1.165, 1.54) is 13.3 Å². The van der Waals surface area contributed by atoms with Gasteiger partial charge >= 0.3 is 11.9 Å². The Kier molecular flexibility index (Phi) is 4.98. The van der Waals surface area contributed by atoms with Crippen molar-refractivity contribution in [1.82, 2.24) is 5.43 Å². The van der Waals surface area contributed by atoms with Gasteiger partial charge < -0.3 is 13.6 Å². The molecule has 2 aromatic heterocycles. The van der Waals surface area contributed by atoms with Gasteiger partial charge in [-0.1, -0.05) is 12.1 Å². The molecule has 0 radical (unpaired) electrons. The van der Waals surface area contributed by atoms with E-state index in [1.807, 2.05) is 0 Å². The average Bonchev–Trinajstić information content (AvgIpc) is 3.30. The van der Waals surface area contributed by atoms with Crippen molar-refractivity contribution in [3.63, 3.8) is 0 Å². The first-order valence-corrected chi connectivity index (χ1v) is 7.75. The van der Waals surface area contributed by atoms with E-state index in [0.29, 0.717) is 22.8 Å². The summed E-state index contributed by atoms with van der Waals surface area (Å²) in [5.74, 6) is 1.06. The Morgan fingerprint density at radius 3 is 2.46 bits per heavy atom. The normalized spacial score (nSPS) is 10.8. The van der Waals surface area contributed by atoms with Crippen molar-refractivity contribution < 1.29 is 23.2 Å². The number of rotatable bonds is 5. The van der Waals surface area contributed by atoms with Gasteiger partial charge in [0.1, 0.15) is 17.3 Å². The van der Waals surface area contributed by atoms with Gasteiger partial charge in [0.2, 0.25) is 0 Å². The number of hydrogen-bond acceptors (Lipinski definition) is 6. The minimum atomic E-state index is -0.445. The monoisotopic (exact) mass is 352 g/mol. The van der Waals surface area contributed by atoms with Crippen LogP contribution in [0, 0.1) is 6.92 Å². The molecule has 3 aromatic rings. The largest absolute Gasteiger partial charge is 0.465 e. The molecular weight excluding hydrogens is 336 g/mol. The number of hydrogen-bond donors (Lipinski definition) is 1. The van der Waals surface area contributed by atoms with E-state index < -0.39 is 11.9 Å². The van der Waals surface area contributed by atoms with E-state index in [0.717, 1.165) is 5.56 Å². The molecule has 1 N–H and O–H groups in total. The van der Waals surface area contributed by atoms with Gasteiger partial charge in [0.05, 0.1) is 18.9 Å². The Morgan fingerprint density at radius 2 is 1.81 bits per heavy atom. The first kappa shape index (κ1) is 17.2. The number of hydrazone groups is 1. The first-order chi connectivity index (χ1) is 12.6. The molecule has 2 heterocycles. The van der Waals surface area contributed by atoms with Gasteiger partial charge in [0, 0.05) is 5.56 Å². The molecule has 132 valence electrons.